The Bertz CT molecular complexity index is 1060. The van der Waals surface area contributed by atoms with Gasteiger partial charge < -0.3 is 19.8 Å². The molecule has 0 spiro atoms. The first-order valence-corrected chi connectivity index (χ1v) is 11.3. The zero-order valence-electron chi connectivity index (χ0n) is 18.0. The van der Waals surface area contributed by atoms with Crippen LogP contribution in [0.5, 0.6) is 5.88 Å². The van der Waals surface area contributed by atoms with Gasteiger partial charge in [0.25, 0.3) is 5.88 Å². The van der Waals surface area contributed by atoms with Gasteiger partial charge in [0, 0.05) is 32.0 Å². The van der Waals surface area contributed by atoms with E-state index in [4.69, 9.17) is 43.5 Å². The summed E-state index contributed by atoms with van der Waals surface area (Å²) in [6, 6.07) is 0.335. The highest BCUT2D eigenvalue weighted by atomic mass is 35.5. The second kappa shape index (κ2) is 9.22. The van der Waals surface area contributed by atoms with E-state index in [1.54, 1.807) is 13.3 Å². The molecule has 1 atom stereocenters. The van der Waals surface area contributed by atoms with E-state index in [0.717, 1.165) is 36.8 Å². The number of hydrogen-bond donors (Lipinski definition) is 1. The molecule has 0 aromatic carbocycles. The molecule has 31 heavy (non-hydrogen) atoms. The summed E-state index contributed by atoms with van der Waals surface area (Å²) in [4.78, 5) is 8.31. The van der Waals surface area contributed by atoms with E-state index in [9.17, 15) is 0 Å². The highest BCUT2D eigenvalue weighted by molar-refractivity contribution is 6.35. The number of nitrogens with two attached hydrogens (primary N) is 1. The molecule has 0 amide bonds. The number of hydrogen-bond acceptors (Lipinski definition) is 6. The lowest BCUT2D eigenvalue weighted by Gasteiger charge is -2.28. The Labute approximate surface area is 191 Å². The van der Waals surface area contributed by atoms with Crippen molar-refractivity contribution in [2.24, 2.45) is 5.92 Å². The second-order valence-corrected chi connectivity index (χ2v) is 9.08. The van der Waals surface area contributed by atoms with Gasteiger partial charge in [0.1, 0.15) is 11.3 Å². The highest BCUT2D eigenvalue weighted by Gasteiger charge is 2.26. The van der Waals surface area contributed by atoms with Crippen molar-refractivity contribution in [2.45, 2.75) is 58.2 Å². The molecule has 10 heteroatoms. The van der Waals surface area contributed by atoms with Crippen LogP contribution >= 0.6 is 23.2 Å². The third-order valence-electron chi connectivity index (χ3n) is 6.04. The Morgan fingerprint density at radius 2 is 2.00 bits per heavy atom. The van der Waals surface area contributed by atoms with E-state index in [1.165, 1.54) is 0 Å². The lowest BCUT2D eigenvalue weighted by atomic mass is 9.93. The molecule has 1 aliphatic rings. The van der Waals surface area contributed by atoms with Crippen LogP contribution < -0.4 is 10.5 Å². The van der Waals surface area contributed by atoms with Crippen molar-refractivity contribution in [3.63, 3.8) is 0 Å². The summed E-state index contributed by atoms with van der Waals surface area (Å²) >= 11 is 12.3. The first-order chi connectivity index (χ1) is 14.9. The van der Waals surface area contributed by atoms with Gasteiger partial charge in [-0.1, -0.05) is 18.5 Å². The summed E-state index contributed by atoms with van der Waals surface area (Å²) in [5.41, 5.74) is 8.58. The Hall–Kier alpha value is -2.03. The molecule has 1 fully saturated rings. The molecule has 3 heterocycles. The third kappa shape index (κ3) is 4.61. The SMILES string of the molecule is COC1CCC(n2nc(OC[C@@H](C)Cn3cc(Cl)c4cnc(Cl)nc43)c(N)c2C)CC1. The number of methoxy groups -OCH3 is 1. The fourth-order valence-electron chi connectivity index (χ4n) is 4.25. The van der Waals surface area contributed by atoms with Crippen molar-refractivity contribution in [3.8, 4) is 5.88 Å². The summed E-state index contributed by atoms with van der Waals surface area (Å²) in [5.74, 6) is 0.668. The molecular weight excluding hydrogens is 439 g/mol. The normalized spacial score (nSPS) is 20.3. The van der Waals surface area contributed by atoms with Gasteiger partial charge in [0.05, 0.1) is 34.9 Å². The summed E-state index contributed by atoms with van der Waals surface area (Å²) < 4.78 is 15.5. The molecule has 4 rings (SSSR count). The fraction of sp³-hybridized carbons (Fsp3) is 0.571. The van der Waals surface area contributed by atoms with Crippen LogP contribution in [0.25, 0.3) is 11.0 Å². The minimum Gasteiger partial charge on any atom is -0.475 e. The number of halogens is 2. The number of anilines is 1. The van der Waals surface area contributed by atoms with Gasteiger partial charge in [-0.3, -0.25) is 4.68 Å². The summed E-state index contributed by atoms with van der Waals surface area (Å²) in [6.45, 7) is 5.22. The van der Waals surface area contributed by atoms with Crippen LogP contribution in [-0.2, 0) is 11.3 Å². The molecule has 168 valence electrons. The van der Waals surface area contributed by atoms with E-state index < -0.39 is 0 Å². The molecule has 3 aromatic heterocycles. The van der Waals surface area contributed by atoms with Gasteiger partial charge in [0.15, 0.2) is 0 Å². The molecule has 2 N–H and O–H groups in total. The van der Waals surface area contributed by atoms with Gasteiger partial charge >= 0.3 is 0 Å². The lowest BCUT2D eigenvalue weighted by molar-refractivity contribution is 0.0563. The number of ether oxygens (including phenoxy) is 2. The van der Waals surface area contributed by atoms with Gasteiger partial charge in [-0.25, -0.2) is 4.98 Å². The van der Waals surface area contributed by atoms with Crippen LogP contribution in [0.2, 0.25) is 10.3 Å². The number of fused-ring (bicyclic) bond motifs is 1. The van der Waals surface area contributed by atoms with Crippen molar-refractivity contribution in [1.29, 1.82) is 0 Å². The van der Waals surface area contributed by atoms with Crippen LogP contribution in [0.3, 0.4) is 0 Å². The van der Waals surface area contributed by atoms with Crippen molar-refractivity contribution >= 4 is 39.9 Å². The molecule has 0 bridgehead atoms. The zero-order chi connectivity index (χ0) is 22.1. The Morgan fingerprint density at radius 3 is 2.71 bits per heavy atom. The second-order valence-electron chi connectivity index (χ2n) is 8.34. The summed E-state index contributed by atoms with van der Waals surface area (Å²) in [6.07, 6.45) is 7.96. The topological polar surface area (TPSA) is 93.0 Å². The van der Waals surface area contributed by atoms with Crippen LogP contribution in [0.1, 0.15) is 44.3 Å². The average molecular weight is 467 g/mol. The maximum absolute atomic E-state index is 6.31. The van der Waals surface area contributed by atoms with Gasteiger partial charge in [-0.15, -0.1) is 5.10 Å². The van der Waals surface area contributed by atoms with Crippen molar-refractivity contribution < 1.29 is 9.47 Å². The fourth-order valence-corrected chi connectivity index (χ4v) is 4.63. The Balaban J connectivity index is 1.41. The Morgan fingerprint density at radius 1 is 1.26 bits per heavy atom. The summed E-state index contributed by atoms with van der Waals surface area (Å²) in [5, 5.41) is 6.26. The predicted molar refractivity (Wildman–Crippen MR) is 122 cm³/mol. The van der Waals surface area contributed by atoms with E-state index in [1.807, 2.05) is 22.4 Å². The summed E-state index contributed by atoms with van der Waals surface area (Å²) in [7, 11) is 1.78. The van der Waals surface area contributed by atoms with Crippen LogP contribution in [0, 0.1) is 12.8 Å². The highest BCUT2D eigenvalue weighted by Crippen LogP contribution is 2.34. The number of aromatic nitrogens is 5. The zero-order valence-corrected chi connectivity index (χ0v) is 19.5. The van der Waals surface area contributed by atoms with Crippen LogP contribution in [0.4, 0.5) is 5.69 Å². The molecule has 0 aliphatic heterocycles. The first kappa shape index (κ1) is 22.2. The molecule has 1 aliphatic carbocycles. The van der Waals surface area contributed by atoms with Gasteiger partial charge in [-0.05, 0) is 44.2 Å². The molecule has 1 saturated carbocycles. The Kier molecular flexibility index (Phi) is 6.60. The molecule has 0 radical (unpaired) electrons. The third-order valence-corrected chi connectivity index (χ3v) is 6.52. The van der Waals surface area contributed by atoms with E-state index in [-0.39, 0.29) is 11.2 Å². The van der Waals surface area contributed by atoms with E-state index >= 15 is 0 Å². The van der Waals surface area contributed by atoms with E-state index in [2.05, 4.69) is 16.9 Å². The van der Waals surface area contributed by atoms with Crippen LogP contribution in [0.15, 0.2) is 12.4 Å². The smallest absolute Gasteiger partial charge is 0.256 e. The number of nitrogen functional groups attached to an aromatic ring is 1. The molecular formula is C21H28Cl2N6O2. The lowest BCUT2D eigenvalue weighted by Crippen LogP contribution is -2.24. The monoisotopic (exact) mass is 466 g/mol. The first-order valence-electron chi connectivity index (χ1n) is 10.5. The molecule has 0 unspecified atom stereocenters. The molecule has 3 aromatic rings. The maximum atomic E-state index is 6.31. The van der Waals surface area contributed by atoms with E-state index in [0.29, 0.717) is 47.5 Å². The largest absolute Gasteiger partial charge is 0.475 e. The minimum absolute atomic E-state index is 0.169. The van der Waals surface area contributed by atoms with Gasteiger partial charge in [-0.2, -0.15) is 4.98 Å². The minimum atomic E-state index is 0.169. The number of nitrogens with zero attached hydrogens (tertiary/aromatic N) is 5. The van der Waals surface area contributed by atoms with Crippen molar-refractivity contribution in [2.75, 3.05) is 19.5 Å². The van der Waals surface area contributed by atoms with Crippen LogP contribution in [-0.4, -0.2) is 44.1 Å². The maximum Gasteiger partial charge on any atom is 0.256 e. The standard InChI is InChI=1S/C21H28Cl2N6O2/c1-12(9-28-10-17(22)16-8-25-21(23)26-19(16)28)11-31-20-18(24)13(2)29(27-20)14-4-6-15(30-3)7-5-14/h8,10,12,14-15H,4-7,9,11,24H2,1-3H3/t12-,14?,15?/m0/s1. The molecule has 8 nitrogen and oxygen atoms in total. The van der Waals surface area contributed by atoms with Gasteiger partial charge in [0.2, 0.25) is 5.28 Å². The number of rotatable bonds is 7. The predicted octanol–water partition coefficient (Wildman–Crippen LogP) is 4.67. The van der Waals surface area contributed by atoms with Crippen molar-refractivity contribution in [1.82, 2.24) is 24.3 Å². The average Bonchev–Trinajstić information content (AvgIpc) is 3.22. The quantitative estimate of drug-likeness (QED) is 0.508. The molecule has 0 saturated heterocycles. The van der Waals surface area contributed by atoms with Crippen molar-refractivity contribution in [3.05, 3.63) is 28.4 Å².